The van der Waals surface area contributed by atoms with Crippen LogP contribution in [0.3, 0.4) is 0 Å². The van der Waals surface area contributed by atoms with E-state index in [-0.39, 0.29) is 91.6 Å². The van der Waals surface area contributed by atoms with Gasteiger partial charge in [-0.3, -0.25) is 20.0 Å². The molecule has 0 amide bonds. The van der Waals surface area contributed by atoms with Gasteiger partial charge < -0.3 is 20.4 Å². The minimum absolute atomic E-state index is 0. The summed E-state index contributed by atoms with van der Waals surface area (Å²) in [5.74, 6) is 0.260. The number of fused-ring (bicyclic) bond motifs is 8. The average molecular weight is 1220 g/mol. The Kier molecular flexibility index (Phi) is 20.1. The Morgan fingerprint density at radius 2 is 0.464 bits per heavy atom. The zero-order chi connectivity index (χ0) is 58.7. The summed E-state index contributed by atoms with van der Waals surface area (Å²) >= 11 is 0. The number of rotatable bonds is 4. The van der Waals surface area contributed by atoms with Gasteiger partial charge in [-0.2, -0.15) is 0 Å². The van der Waals surface area contributed by atoms with E-state index in [0.717, 1.165) is 44.5 Å². The van der Waals surface area contributed by atoms with Crippen molar-refractivity contribution in [3.05, 3.63) is 259 Å². The van der Waals surface area contributed by atoms with E-state index in [1.165, 1.54) is 0 Å². The Morgan fingerprint density at radius 3 is 0.631 bits per heavy atom. The van der Waals surface area contributed by atoms with E-state index >= 15 is 0 Å². The molecule has 2 radical (unpaired) electrons. The van der Waals surface area contributed by atoms with Crippen LogP contribution in [-0.2, 0) is 68.6 Å². The van der Waals surface area contributed by atoms with Crippen LogP contribution < -0.4 is 0 Å². The fraction of sp³-hybridized carbons (Fsp3) is 0.297. The quantitative estimate of drug-likeness (QED) is 0.131. The van der Waals surface area contributed by atoms with Gasteiger partial charge in [0, 0.05) is 94.1 Å². The molecule has 84 heavy (non-hydrogen) atoms. The number of aliphatic imine (C=N–C) groups is 4. The first-order chi connectivity index (χ1) is 38.8. The molecule has 0 saturated heterocycles. The number of phenols is 4. The average Bonchev–Trinajstić information content (AvgIpc) is 3.62. The van der Waals surface area contributed by atoms with Crippen molar-refractivity contribution >= 4 is 24.9 Å². The zero-order valence-corrected chi connectivity index (χ0v) is 52.3. The topological polar surface area (TPSA) is 130 Å². The molecule has 4 atom stereocenters. The predicted octanol–water partition coefficient (Wildman–Crippen LogP) is 17.2. The smallest absolute Gasteiger partial charge is 0.127 e. The van der Waals surface area contributed by atoms with Gasteiger partial charge in [0.15, 0.2) is 0 Å². The van der Waals surface area contributed by atoms with Gasteiger partial charge in [0.1, 0.15) is 47.2 Å². The molecule has 442 valence electrons. The molecule has 8 nitrogen and oxygen atoms in total. The fourth-order valence-electron chi connectivity index (χ4n) is 10.6. The van der Waals surface area contributed by atoms with Gasteiger partial charge in [-0.15, -0.1) is 0 Å². The summed E-state index contributed by atoms with van der Waals surface area (Å²) in [6.07, 6.45) is 7.49. The number of hydrogen-bond donors (Lipinski definition) is 4. The molecule has 1 heterocycles. The van der Waals surface area contributed by atoms with E-state index in [1.54, 1.807) is 24.9 Å². The van der Waals surface area contributed by atoms with Crippen LogP contribution in [0.25, 0.3) is 0 Å². The second-order valence-electron chi connectivity index (χ2n) is 26.2. The molecule has 8 aromatic carbocycles. The molecule has 0 saturated carbocycles. The minimum Gasteiger partial charge on any atom is -0.507 e. The molecule has 1 aliphatic heterocycles. The maximum atomic E-state index is 12.6. The zero-order valence-electron chi connectivity index (χ0n) is 50.4. The first-order valence-electron chi connectivity index (χ1n) is 28.6. The summed E-state index contributed by atoms with van der Waals surface area (Å²) in [5.41, 5.74) is 11.0. The second-order valence-corrected chi connectivity index (χ2v) is 26.2. The molecule has 8 aromatic rings. The molecule has 4 N–H and O–H groups in total. The van der Waals surface area contributed by atoms with Crippen molar-refractivity contribution in [3.63, 3.8) is 0 Å². The monoisotopic (exact) mass is 1210 g/mol. The summed E-state index contributed by atoms with van der Waals surface area (Å²) < 4.78 is 0. The Bertz CT molecular complexity index is 3200. The Labute approximate surface area is 519 Å². The van der Waals surface area contributed by atoms with Crippen molar-refractivity contribution in [3.8, 4) is 23.0 Å². The van der Waals surface area contributed by atoms with Gasteiger partial charge in [0.25, 0.3) is 0 Å². The minimum atomic E-state index is -0.584. The van der Waals surface area contributed by atoms with Gasteiger partial charge >= 0.3 is 0 Å². The second kappa shape index (κ2) is 26.3. The van der Waals surface area contributed by atoms with Crippen LogP contribution >= 0.6 is 0 Å². The molecule has 9 rings (SSSR count). The van der Waals surface area contributed by atoms with E-state index in [0.29, 0.717) is 44.5 Å². The third kappa shape index (κ3) is 14.9. The van der Waals surface area contributed by atoms with Crippen molar-refractivity contribution in [1.29, 1.82) is 0 Å². The summed E-state index contributed by atoms with van der Waals surface area (Å²) in [6.45, 7) is 25.8. The Hall–Kier alpha value is -7.32. The molecule has 0 fully saturated rings. The van der Waals surface area contributed by atoms with Crippen molar-refractivity contribution in [2.75, 3.05) is 0 Å². The molecular weight excluding hydrogens is 1140 g/mol. The Balaban J connectivity index is 0.00000506. The molecular formula is C74H80Cu2N4O4. The number of benzene rings is 8. The third-order valence-electron chi connectivity index (χ3n) is 15.8. The van der Waals surface area contributed by atoms with Gasteiger partial charge in [0.05, 0.1) is 0 Å². The van der Waals surface area contributed by atoms with E-state index in [4.69, 9.17) is 20.0 Å². The molecule has 0 aromatic heterocycles. The number of phenolic OH excluding ortho intramolecular Hbond substituents is 4. The number of hydrogen-bond acceptors (Lipinski definition) is 8. The first-order valence-corrected chi connectivity index (χ1v) is 28.6. The van der Waals surface area contributed by atoms with Crippen LogP contribution in [0.15, 0.2) is 190 Å². The van der Waals surface area contributed by atoms with Gasteiger partial charge in [-0.25, -0.2) is 0 Å². The molecule has 10 heteroatoms. The number of aromatic hydroxyl groups is 4. The van der Waals surface area contributed by atoms with Crippen LogP contribution in [0.2, 0.25) is 0 Å². The third-order valence-corrected chi connectivity index (χ3v) is 15.8. The van der Waals surface area contributed by atoms with Crippen LogP contribution in [0, 0.1) is 0 Å². The fourth-order valence-corrected chi connectivity index (χ4v) is 10.6. The summed E-state index contributed by atoms with van der Waals surface area (Å²) in [7, 11) is 0. The summed E-state index contributed by atoms with van der Waals surface area (Å²) in [6, 6.07) is 54.1. The summed E-state index contributed by atoms with van der Waals surface area (Å²) in [4.78, 5) is 21.6. The van der Waals surface area contributed by atoms with E-state index in [1.807, 2.05) is 170 Å². The molecule has 1 aliphatic rings. The normalized spacial score (nSPS) is 17.0. The van der Waals surface area contributed by atoms with Crippen molar-refractivity contribution < 1.29 is 54.6 Å². The van der Waals surface area contributed by atoms with Crippen LogP contribution in [0.4, 0.5) is 0 Å². The van der Waals surface area contributed by atoms with Crippen LogP contribution in [0.1, 0.15) is 196 Å². The van der Waals surface area contributed by atoms with Crippen molar-refractivity contribution in [1.82, 2.24) is 0 Å². The SMILES string of the molecule is CC(C)(C)c1cc2c(O)c(c1)Cc1cc(C(C)(C)C)cc(c1O)C=N[C@H](c1ccccc1)[C@@H](c1ccccc1)N=Cc1cc(C(C)(C)C)cc(c1O)Cc1cc(C(C)(C)C)cc(c1O)C=N[C@H](c1ccccc1)[C@@H](c1ccccc1)N=C2.[Cu].[Cu]. The van der Waals surface area contributed by atoms with E-state index in [9.17, 15) is 20.4 Å². The maximum absolute atomic E-state index is 12.6. The molecule has 0 unspecified atom stereocenters. The van der Waals surface area contributed by atoms with Gasteiger partial charge in [-0.05, 0) is 113 Å². The van der Waals surface area contributed by atoms with Crippen molar-refractivity contribution in [2.24, 2.45) is 20.0 Å². The van der Waals surface area contributed by atoms with Crippen molar-refractivity contribution in [2.45, 2.75) is 142 Å². The molecule has 8 bridgehead atoms. The standard InChI is InChI=1S/C74H80N4O4.2Cu/c1-71(2,3)59-35-51-33-52-36-60(72(4,5)6)40-56(68(52)80)44-77-65(49-29-21-15-22-30-49)66(50-31-23-16-24-32-50)78-46-58-42-62(74(10,11)12)38-54(70(58)82)34-53-37-61(73(7,8)9)41-57(69(53)81)45-76-64(48-27-19-14-20-28-48)63(47-25-17-13-18-26-47)75-43-55(39-59)67(51)79;;/h13-32,35-46,63-66,79-82H,33-34H2,1-12H3;;/t63-,64-,65-,66-;;/m1../s1. The van der Waals surface area contributed by atoms with E-state index < -0.39 is 24.2 Å². The van der Waals surface area contributed by atoms with Crippen LogP contribution in [0.5, 0.6) is 23.0 Å². The molecule has 0 aliphatic carbocycles. The first kappa shape index (κ1) is 64.2. The summed E-state index contributed by atoms with van der Waals surface area (Å²) in [5, 5.41) is 50.3. The Morgan fingerprint density at radius 1 is 0.286 bits per heavy atom. The van der Waals surface area contributed by atoms with E-state index in [2.05, 4.69) is 83.1 Å². The predicted molar refractivity (Wildman–Crippen MR) is 340 cm³/mol. The molecule has 0 spiro atoms. The number of nitrogens with zero attached hydrogens (tertiary/aromatic N) is 4. The van der Waals surface area contributed by atoms with Crippen LogP contribution in [-0.4, -0.2) is 45.3 Å². The largest absolute Gasteiger partial charge is 0.507 e. The van der Waals surface area contributed by atoms with Gasteiger partial charge in [0.2, 0.25) is 0 Å². The van der Waals surface area contributed by atoms with Gasteiger partial charge in [-0.1, -0.05) is 229 Å². The maximum Gasteiger partial charge on any atom is 0.127 e.